The van der Waals surface area contributed by atoms with Crippen LogP contribution in [0.25, 0.3) is 0 Å². The Labute approximate surface area is 295 Å². The number of carbonyl (C=O) groups excluding carboxylic acids is 4. The van der Waals surface area contributed by atoms with Crippen molar-refractivity contribution in [2.75, 3.05) is 26.2 Å². The lowest BCUT2D eigenvalue weighted by molar-refractivity contribution is -0.154. The van der Waals surface area contributed by atoms with Gasteiger partial charge in [-0.3, -0.25) is 28.9 Å². The number of hydrogen-bond donors (Lipinski definition) is 5. The number of nitrogens with one attached hydrogen (secondary N) is 2. The van der Waals surface area contributed by atoms with Crippen molar-refractivity contribution in [3.05, 3.63) is 71.8 Å². The minimum Gasteiger partial charge on any atom is -0.480 e. The van der Waals surface area contributed by atoms with Crippen LogP contribution in [0.3, 0.4) is 0 Å². The van der Waals surface area contributed by atoms with Gasteiger partial charge in [0, 0.05) is 37.5 Å². The third-order valence-electron chi connectivity index (χ3n) is 9.73. The Balaban J connectivity index is 1.46. The summed E-state index contributed by atoms with van der Waals surface area (Å²) in [7, 11) is 0. The van der Waals surface area contributed by atoms with Crippen molar-refractivity contribution < 1.29 is 29.1 Å². The lowest BCUT2D eigenvalue weighted by Gasteiger charge is -2.56. The van der Waals surface area contributed by atoms with Gasteiger partial charge >= 0.3 is 5.97 Å². The lowest BCUT2D eigenvalue weighted by atomic mass is 9.86. The predicted octanol–water partition coefficient (Wildman–Crippen LogP) is 1.89. The molecule has 0 saturated carbocycles. The second kappa shape index (κ2) is 18.7. The van der Waals surface area contributed by atoms with Gasteiger partial charge in [0.1, 0.15) is 6.04 Å². The molecule has 12 heteroatoms. The number of nitrogens with zero attached hydrogens (tertiary/aromatic N) is 2. The maximum absolute atomic E-state index is 14.0. The summed E-state index contributed by atoms with van der Waals surface area (Å²) in [5.41, 5.74) is 13.8. The van der Waals surface area contributed by atoms with E-state index >= 15 is 0 Å². The number of aliphatic carboxylic acids is 1. The minimum absolute atomic E-state index is 0.0157. The normalized spacial score (nSPS) is 19.5. The molecule has 2 aromatic rings. The zero-order valence-corrected chi connectivity index (χ0v) is 29.3. The van der Waals surface area contributed by atoms with Crippen LogP contribution in [0.4, 0.5) is 0 Å². The molecule has 3 aliphatic rings. The molecule has 0 spiro atoms. The van der Waals surface area contributed by atoms with Crippen molar-refractivity contribution >= 4 is 29.5 Å². The summed E-state index contributed by atoms with van der Waals surface area (Å²) in [5.74, 6) is -2.83. The lowest BCUT2D eigenvalue weighted by Crippen LogP contribution is -2.71. The van der Waals surface area contributed by atoms with Crippen molar-refractivity contribution in [1.29, 1.82) is 0 Å². The Bertz CT molecular complexity index is 1430. The van der Waals surface area contributed by atoms with E-state index in [9.17, 15) is 29.1 Å². The molecule has 6 atom stereocenters. The van der Waals surface area contributed by atoms with E-state index in [1.165, 1.54) is 0 Å². The monoisotopic (exact) mass is 690 g/mol. The van der Waals surface area contributed by atoms with E-state index in [4.69, 9.17) is 11.5 Å². The molecule has 2 aromatic carbocycles. The van der Waals surface area contributed by atoms with Crippen LogP contribution in [-0.4, -0.2) is 101 Å². The smallest absolute Gasteiger partial charge is 0.317 e. The Morgan fingerprint density at radius 3 is 1.98 bits per heavy atom. The van der Waals surface area contributed by atoms with Crippen molar-refractivity contribution in [2.24, 2.45) is 23.3 Å². The van der Waals surface area contributed by atoms with Crippen LogP contribution in [0, 0.1) is 11.8 Å². The van der Waals surface area contributed by atoms with Gasteiger partial charge in [0.25, 0.3) is 0 Å². The molecule has 2 bridgehead atoms. The van der Waals surface area contributed by atoms with Crippen LogP contribution in [0.5, 0.6) is 0 Å². The molecule has 0 aromatic heterocycles. The maximum atomic E-state index is 14.0. The molecule has 12 nitrogen and oxygen atoms in total. The van der Waals surface area contributed by atoms with Gasteiger partial charge in [-0.25, -0.2) is 0 Å². The number of carbonyl (C=O) groups is 5. The number of amides is 3. The Morgan fingerprint density at radius 1 is 0.840 bits per heavy atom. The van der Waals surface area contributed by atoms with E-state index in [2.05, 4.69) is 10.6 Å². The van der Waals surface area contributed by atoms with Gasteiger partial charge in [-0.05, 0) is 68.5 Å². The Kier molecular flexibility index (Phi) is 14.5. The summed E-state index contributed by atoms with van der Waals surface area (Å²) in [6.45, 7) is 5.18. The van der Waals surface area contributed by atoms with E-state index < -0.39 is 35.9 Å². The number of unbranched alkanes of at least 4 members (excludes halogenated alkanes) is 1. The van der Waals surface area contributed by atoms with Crippen molar-refractivity contribution in [3.63, 3.8) is 0 Å². The van der Waals surface area contributed by atoms with Crippen LogP contribution in [0.1, 0.15) is 63.5 Å². The number of benzene rings is 2. The maximum Gasteiger partial charge on any atom is 0.317 e. The molecule has 3 fully saturated rings. The van der Waals surface area contributed by atoms with Gasteiger partial charge in [-0.15, -0.1) is 0 Å². The molecule has 3 amide bonds. The number of ketones is 1. The van der Waals surface area contributed by atoms with Crippen molar-refractivity contribution in [2.45, 2.75) is 95.4 Å². The number of piperidine rings is 1. The zero-order valence-electron chi connectivity index (χ0n) is 29.3. The minimum atomic E-state index is -0.898. The fourth-order valence-corrected chi connectivity index (χ4v) is 7.11. The van der Waals surface area contributed by atoms with Crippen LogP contribution in [-0.2, 0) is 36.8 Å². The summed E-state index contributed by atoms with van der Waals surface area (Å²) in [6, 6.07) is 16.2. The van der Waals surface area contributed by atoms with E-state index in [-0.39, 0.29) is 55.0 Å². The third kappa shape index (κ3) is 11.2. The first-order chi connectivity index (χ1) is 23.9. The first-order valence-corrected chi connectivity index (χ1v) is 17.9. The summed E-state index contributed by atoms with van der Waals surface area (Å²) in [5, 5.41) is 15.1. The molecular formula is C38H54N6O6. The first-order valence-electron chi connectivity index (χ1n) is 17.9. The standard InChI is InChI=1S/C38H54N6O6/c1-25(2)17-28(36(48)41-32(15-9-10-16-39)38(50)43-22-29-21-30(23-43)44(29)24-35(46)47)20-34(45)33(19-27-13-7-4-8-14-27)42-37(49)31(40)18-26-11-5-3-6-12-26/h3-8,11-14,25,28-33H,9-10,15-24,39-40H2,1-2H3,(H,41,48)(H,42,49)(H,46,47). The highest BCUT2D eigenvalue weighted by Crippen LogP contribution is 2.32. The summed E-state index contributed by atoms with van der Waals surface area (Å²) in [6.07, 6.45) is 3.44. The number of rotatable bonds is 20. The highest BCUT2D eigenvalue weighted by atomic mass is 16.4. The van der Waals surface area contributed by atoms with Gasteiger partial charge in [0.15, 0.2) is 5.78 Å². The molecule has 0 radical (unpaired) electrons. The molecule has 7 N–H and O–H groups in total. The molecule has 3 aliphatic heterocycles. The number of Topliss-reactive ketones (excluding diaryl/α,β-unsaturated/α-hetero) is 1. The number of nitrogens with two attached hydrogens (primary N) is 2. The van der Waals surface area contributed by atoms with Gasteiger partial charge in [-0.2, -0.15) is 0 Å². The average molecular weight is 691 g/mol. The Morgan fingerprint density at radius 2 is 1.42 bits per heavy atom. The van der Waals surface area contributed by atoms with Crippen LogP contribution >= 0.6 is 0 Å². The van der Waals surface area contributed by atoms with Crippen LogP contribution < -0.4 is 22.1 Å². The number of piperazine rings is 1. The zero-order chi connectivity index (χ0) is 36.2. The molecule has 272 valence electrons. The van der Waals surface area contributed by atoms with E-state index in [1.807, 2.05) is 79.4 Å². The highest BCUT2D eigenvalue weighted by Gasteiger charge is 2.47. The molecule has 3 saturated heterocycles. The molecule has 3 heterocycles. The average Bonchev–Trinajstić information content (AvgIpc) is 3.09. The quantitative estimate of drug-likeness (QED) is 0.129. The molecule has 50 heavy (non-hydrogen) atoms. The molecule has 6 unspecified atom stereocenters. The number of hydrogen-bond acceptors (Lipinski definition) is 8. The summed E-state index contributed by atoms with van der Waals surface area (Å²) >= 11 is 0. The molecule has 5 rings (SSSR count). The SMILES string of the molecule is CC(C)CC(CC(=O)C(Cc1ccccc1)NC(=O)C(N)Cc1ccccc1)C(=O)NC(CCCCN)C(=O)N1CC2CC(C1)N2CC(=O)O. The fraction of sp³-hybridized carbons (Fsp3) is 0.553. The van der Waals surface area contributed by atoms with E-state index in [0.29, 0.717) is 51.7 Å². The topological polar surface area (TPSA) is 188 Å². The fourth-order valence-electron chi connectivity index (χ4n) is 7.11. The highest BCUT2D eigenvalue weighted by molar-refractivity contribution is 5.95. The molecule has 0 aliphatic carbocycles. The van der Waals surface area contributed by atoms with E-state index in [0.717, 1.165) is 17.5 Å². The largest absolute Gasteiger partial charge is 0.480 e. The number of carboxylic acids is 1. The first kappa shape index (κ1) is 38.7. The summed E-state index contributed by atoms with van der Waals surface area (Å²) in [4.78, 5) is 70.1. The number of carboxylic acid groups (broad SMARTS) is 1. The van der Waals surface area contributed by atoms with Gasteiger partial charge < -0.3 is 32.1 Å². The van der Waals surface area contributed by atoms with Crippen molar-refractivity contribution in [1.82, 2.24) is 20.4 Å². The van der Waals surface area contributed by atoms with Crippen LogP contribution in [0.15, 0.2) is 60.7 Å². The third-order valence-corrected chi connectivity index (χ3v) is 9.73. The van der Waals surface area contributed by atoms with Crippen LogP contribution in [0.2, 0.25) is 0 Å². The van der Waals surface area contributed by atoms with E-state index in [1.54, 1.807) is 4.90 Å². The predicted molar refractivity (Wildman–Crippen MR) is 191 cm³/mol. The second-order valence-corrected chi connectivity index (χ2v) is 14.2. The molecular weight excluding hydrogens is 636 g/mol. The Hall–Kier alpha value is -4.13. The van der Waals surface area contributed by atoms with Gasteiger partial charge in [0.05, 0.1) is 18.6 Å². The second-order valence-electron chi connectivity index (χ2n) is 14.2. The van der Waals surface area contributed by atoms with Gasteiger partial charge in [0.2, 0.25) is 17.7 Å². The van der Waals surface area contributed by atoms with Crippen molar-refractivity contribution in [3.8, 4) is 0 Å². The van der Waals surface area contributed by atoms with Gasteiger partial charge in [-0.1, -0.05) is 74.5 Å². The number of fused-ring (bicyclic) bond motifs is 2. The summed E-state index contributed by atoms with van der Waals surface area (Å²) < 4.78 is 0.